The van der Waals surface area contributed by atoms with E-state index in [0.29, 0.717) is 28.5 Å². The minimum Gasteiger partial charge on any atom is -0.464 e. The number of methoxy groups -OCH3 is 3. The number of nitrogens with zero attached hydrogens (tertiary/aromatic N) is 2. The second-order valence-electron chi connectivity index (χ2n) is 5.64. The lowest BCUT2D eigenvalue weighted by molar-refractivity contribution is -0.107. The maximum absolute atomic E-state index is 13.9. The number of hydrogen-bond donors (Lipinski definition) is 0. The molecule has 2 aromatic heterocycles. The summed E-state index contributed by atoms with van der Waals surface area (Å²) in [6.07, 6.45) is 0.925. The summed E-state index contributed by atoms with van der Waals surface area (Å²) in [5, 5.41) is 1.31. The number of hydrogen-bond acceptors (Lipinski definition) is 5. The monoisotopic (exact) mass is 358 g/mol. The molecule has 0 radical (unpaired) electrons. The van der Waals surface area contributed by atoms with E-state index in [1.54, 1.807) is 18.2 Å². The number of aromatic nitrogens is 2. The van der Waals surface area contributed by atoms with Crippen LogP contribution in [0.2, 0.25) is 0 Å². The summed E-state index contributed by atoms with van der Waals surface area (Å²) in [6, 6.07) is 6.09. The van der Waals surface area contributed by atoms with Crippen molar-refractivity contribution in [1.82, 2.24) is 9.55 Å². The van der Waals surface area contributed by atoms with Gasteiger partial charge in [-0.3, -0.25) is 0 Å². The van der Waals surface area contributed by atoms with Gasteiger partial charge in [0.1, 0.15) is 17.2 Å². The predicted molar refractivity (Wildman–Crippen MR) is 95.5 cm³/mol. The normalized spacial score (nSPS) is 11.4. The molecule has 0 saturated heterocycles. The number of carbonyl (C=O) groups excluding carboxylic acids is 1. The molecule has 3 rings (SSSR count). The molecule has 0 bridgehead atoms. The van der Waals surface area contributed by atoms with Gasteiger partial charge in [-0.1, -0.05) is 6.08 Å². The molecule has 26 heavy (non-hydrogen) atoms. The minimum atomic E-state index is -0.806. The Morgan fingerprint density at radius 2 is 2.00 bits per heavy atom. The summed E-state index contributed by atoms with van der Waals surface area (Å²) >= 11 is 0. The maximum Gasteiger partial charge on any atom is 0.356 e. The molecule has 6 nitrogen and oxygen atoms in total. The SMILES string of the molecule is C=CCn1c2ccc(F)cc2c2cc(C(=O)OC)nc(C(OC)OC)c21. The highest BCUT2D eigenvalue weighted by molar-refractivity contribution is 6.10. The lowest BCUT2D eigenvalue weighted by Crippen LogP contribution is -2.13. The zero-order valence-electron chi connectivity index (χ0n) is 14.8. The number of halogens is 1. The first-order valence-electron chi connectivity index (χ1n) is 7.92. The minimum absolute atomic E-state index is 0.0935. The number of ether oxygens (including phenoxy) is 3. The third kappa shape index (κ3) is 2.85. The fourth-order valence-corrected chi connectivity index (χ4v) is 3.14. The number of rotatable bonds is 6. The van der Waals surface area contributed by atoms with Crippen LogP contribution in [0, 0.1) is 5.82 Å². The first-order valence-corrected chi connectivity index (χ1v) is 7.92. The first-order chi connectivity index (χ1) is 12.5. The maximum atomic E-state index is 13.9. The van der Waals surface area contributed by atoms with Gasteiger partial charge in [-0.15, -0.1) is 6.58 Å². The summed E-state index contributed by atoms with van der Waals surface area (Å²) in [6.45, 7) is 4.26. The van der Waals surface area contributed by atoms with Crippen LogP contribution in [0.1, 0.15) is 22.5 Å². The van der Waals surface area contributed by atoms with E-state index in [4.69, 9.17) is 14.2 Å². The van der Waals surface area contributed by atoms with Crippen LogP contribution in [0.4, 0.5) is 4.39 Å². The van der Waals surface area contributed by atoms with E-state index in [2.05, 4.69) is 11.6 Å². The molecule has 136 valence electrons. The topological polar surface area (TPSA) is 62.6 Å². The van der Waals surface area contributed by atoms with E-state index in [1.165, 1.54) is 33.5 Å². The van der Waals surface area contributed by atoms with Crippen LogP contribution in [0.3, 0.4) is 0 Å². The lowest BCUT2D eigenvalue weighted by atomic mass is 10.1. The van der Waals surface area contributed by atoms with E-state index in [9.17, 15) is 9.18 Å². The molecule has 0 aliphatic heterocycles. The number of fused-ring (bicyclic) bond motifs is 3. The fraction of sp³-hybridized carbons (Fsp3) is 0.263. The van der Waals surface area contributed by atoms with Crippen molar-refractivity contribution in [2.45, 2.75) is 12.8 Å². The van der Waals surface area contributed by atoms with Crippen molar-refractivity contribution in [3.63, 3.8) is 0 Å². The zero-order valence-corrected chi connectivity index (χ0v) is 14.8. The highest BCUT2D eigenvalue weighted by Gasteiger charge is 2.24. The molecule has 0 saturated carbocycles. The van der Waals surface area contributed by atoms with Crippen LogP contribution in [-0.2, 0) is 20.8 Å². The van der Waals surface area contributed by atoms with Gasteiger partial charge in [0.05, 0.1) is 12.6 Å². The number of allylic oxidation sites excluding steroid dienone is 1. The highest BCUT2D eigenvalue weighted by atomic mass is 19.1. The molecule has 2 heterocycles. The Hall–Kier alpha value is -2.77. The molecule has 7 heteroatoms. The van der Waals surface area contributed by atoms with E-state index in [0.717, 1.165) is 5.52 Å². The smallest absolute Gasteiger partial charge is 0.356 e. The summed E-state index contributed by atoms with van der Waals surface area (Å²) in [5.74, 6) is -0.969. The van der Waals surface area contributed by atoms with Gasteiger partial charge in [-0.25, -0.2) is 14.2 Å². The van der Waals surface area contributed by atoms with Crippen molar-refractivity contribution < 1.29 is 23.4 Å². The van der Waals surface area contributed by atoms with Crippen molar-refractivity contribution in [2.75, 3.05) is 21.3 Å². The standard InChI is InChI=1S/C19H19FN2O4/c1-5-8-22-15-7-6-11(20)9-12(15)13-10-14(18(23)24-2)21-16(17(13)22)19(25-3)26-4/h5-7,9-10,19H,1,8H2,2-4H3. The van der Waals surface area contributed by atoms with Crippen molar-refractivity contribution in [2.24, 2.45) is 0 Å². The molecule has 0 unspecified atom stereocenters. The fourth-order valence-electron chi connectivity index (χ4n) is 3.14. The molecule has 0 atom stereocenters. The number of esters is 1. The van der Waals surface area contributed by atoms with Crippen LogP contribution >= 0.6 is 0 Å². The second kappa shape index (κ2) is 7.23. The third-order valence-electron chi connectivity index (χ3n) is 4.19. The Bertz CT molecular complexity index is 992. The van der Waals surface area contributed by atoms with Crippen molar-refractivity contribution in [3.05, 3.63) is 54.1 Å². The Balaban J connectivity index is 2.50. The summed E-state index contributed by atoms with van der Waals surface area (Å²) in [5.41, 5.74) is 1.98. The van der Waals surface area contributed by atoms with Gasteiger partial charge in [0, 0.05) is 37.1 Å². The largest absolute Gasteiger partial charge is 0.464 e. The molecular weight excluding hydrogens is 339 g/mol. The number of pyridine rings is 1. The van der Waals surface area contributed by atoms with Crippen LogP contribution in [0.5, 0.6) is 0 Å². The van der Waals surface area contributed by atoms with Gasteiger partial charge in [0.15, 0.2) is 0 Å². The van der Waals surface area contributed by atoms with Crippen molar-refractivity contribution in [1.29, 1.82) is 0 Å². The second-order valence-corrected chi connectivity index (χ2v) is 5.64. The molecular formula is C19H19FN2O4. The van der Waals surface area contributed by atoms with Gasteiger partial charge in [0.25, 0.3) is 0 Å². The van der Waals surface area contributed by atoms with Crippen LogP contribution in [-0.4, -0.2) is 36.8 Å². The van der Waals surface area contributed by atoms with Gasteiger partial charge >= 0.3 is 5.97 Å². The Kier molecular flexibility index (Phi) is 5.01. The molecule has 0 spiro atoms. The Morgan fingerprint density at radius 3 is 2.62 bits per heavy atom. The average molecular weight is 358 g/mol. The molecule has 0 amide bonds. The molecule has 0 aliphatic rings. The quantitative estimate of drug-likeness (QED) is 0.383. The van der Waals surface area contributed by atoms with Gasteiger partial charge in [-0.05, 0) is 24.3 Å². The van der Waals surface area contributed by atoms with E-state index >= 15 is 0 Å². The molecule has 0 fully saturated rings. The zero-order chi connectivity index (χ0) is 18.8. The Labute approximate surface area is 149 Å². The molecule has 1 aromatic carbocycles. The van der Waals surface area contributed by atoms with Gasteiger partial charge in [-0.2, -0.15) is 0 Å². The number of carbonyl (C=O) groups is 1. The van der Waals surface area contributed by atoms with Crippen molar-refractivity contribution in [3.8, 4) is 0 Å². The molecule has 0 N–H and O–H groups in total. The first kappa shape index (κ1) is 18.0. The lowest BCUT2D eigenvalue weighted by Gasteiger charge is -2.16. The van der Waals surface area contributed by atoms with E-state index in [-0.39, 0.29) is 11.5 Å². The Morgan fingerprint density at radius 1 is 1.27 bits per heavy atom. The summed E-state index contributed by atoms with van der Waals surface area (Å²) < 4.78 is 31.4. The van der Waals surface area contributed by atoms with E-state index < -0.39 is 12.3 Å². The summed E-state index contributed by atoms with van der Waals surface area (Å²) in [4.78, 5) is 16.5. The third-order valence-corrected chi connectivity index (χ3v) is 4.19. The van der Waals surface area contributed by atoms with Crippen LogP contribution < -0.4 is 0 Å². The predicted octanol–water partition coefficient (Wildman–Crippen LogP) is 3.59. The van der Waals surface area contributed by atoms with E-state index in [1.807, 2.05) is 4.57 Å². The average Bonchev–Trinajstić information content (AvgIpc) is 2.95. The van der Waals surface area contributed by atoms with Gasteiger partial charge < -0.3 is 18.8 Å². The summed E-state index contributed by atoms with van der Waals surface area (Å²) in [7, 11) is 4.23. The highest BCUT2D eigenvalue weighted by Crippen LogP contribution is 2.35. The number of benzene rings is 1. The van der Waals surface area contributed by atoms with Gasteiger partial charge in [0.2, 0.25) is 6.29 Å². The van der Waals surface area contributed by atoms with Crippen molar-refractivity contribution >= 4 is 27.8 Å². The molecule has 3 aromatic rings. The van der Waals surface area contributed by atoms with Crippen LogP contribution in [0.15, 0.2) is 36.9 Å². The molecule has 0 aliphatic carbocycles. The van der Waals surface area contributed by atoms with Crippen LogP contribution in [0.25, 0.3) is 21.8 Å².